The normalized spacial score (nSPS) is 14.0. The van der Waals surface area contributed by atoms with Crippen molar-refractivity contribution in [3.63, 3.8) is 0 Å². The van der Waals surface area contributed by atoms with Gasteiger partial charge in [-0.3, -0.25) is 14.2 Å². The first-order valence-electron chi connectivity index (χ1n) is 14.4. The molecule has 0 bridgehead atoms. The number of amides is 2. The van der Waals surface area contributed by atoms with Crippen molar-refractivity contribution in [1.82, 2.24) is 24.4 Å². The number of halogens is 2. The summed E-state index contributed by atoms with van der Waals surface area (Å²) < 4.78 is 8.51. The van der Waals surface area contributed by atoms with Crippen LogP contribution >= 0.6 is 23.2 Å². The van der Waals surface area contributed by atoms with Crippen molar-refractivity contribution in [2.24, 2.45) is 5.92 Å². The number of benzene rings is 2. The lowest BCUT2D eigenvalue weighted by Crippen LogP contribution is -2.42. The second kappa shape index (κ2) is 12.8. The monoisotopic (exact) mass is 623 g/mol. The van der Waals surface area contributed by atoms with Gasteiger partial charge < -0.3 is 15.0 Å². The van der Waals surface area contributed by atoms with Gasteiger partial charge >= 0.3 is 6.09 Å². The molecule has 226 valence electrons. The molecule has 4 aromatic rings. The van der Waals surface area contributed by atoms with Crippen LogP contribution in [0.5, 0.6) is 0 Å². The lowest BCUT2D eigenvalue weighted by Gasteiger charge is -2.33. The zero-order valence-electron chi connectivity index (χ0n) is 24.4. The summed E-state index contributed by atoms with van der Waals surface area (Å²) >= 11 is 12.5. The summed E-state index contributed by atoms with van der Waals surface area (Å²) in [6.45, 7) is 6.28. The van der Waals surface area contributed by atoms with E-state index < -0.39 is 17.7 Å². The number of carbonyl (C=O) groups excluding carboxylic acids is 2. The number of nitrogens with one attached hydrogen (secondary N) is 1. The summed E-state index contributed by atoms with van der Waals surface area (Å²) in [7, 11) is 0. The van der Waals surface area contributed by atoms with Crippen LogP contribution in [0.4, 0.5) is 4.79 Å². The SMILES string of the molecule is CC(C)(C)OC(=O)NCCCN(C(=O)c1ccc(Cl)cc1)C(c1nn2ccc(Cl)c2c(=O)n1Cc1ccccc1)C1CC1. The van der Waals surface area contributed by atoms with Crippen LogP contribution in [0.15, 0.2) is 71.7 Å². The molecule has 9 nitrogen and oxygen atoms in total. The minimum absolute atomic E-state index is 0.104. The summed E-state index contributed by atoms with van der Waals surface area (Å²) in [6.07, 6.45) is 3.38. The molecular formula is C32H35Cl2N5O4. The smallest absolute Gasteiger partial charge is 0.407 e. The van der Waals surface area contributed by atoms with E-state index >= 15 is 0 Å². The number of aromatic nitrogens is 3. The number of alkyl carbamates (subject to hydrolysis) is 1. The molecule has 11 heteroatoms. The van der Waals surface area contributed by atoms with Gasteiger partial charge in [0.1, 0.15) is 11.1 Å². The van der Waals surface area contributed by atoms with Gasteiger partial charge in [0.2, 0.25) is 0 Å². The maximum absolute atomic E-state index is 14.2. The highest BCUT2D eigenvalue weighted by Gasteiger charge is 2.42. The predicted octanol–water partition coefficient (Wildman–Crippen LogP) is 6.36. The first-order chi connectivity index (χ1) is 20.5. The number of nitrogens with zero attached hydrogens (tertiary/aromatic N) is 4. The molecule has 1 fully saturated rings. The fraction of sp³-hybridized carbons (Fsp3) is 0.375. The van der Waals surface area contributed by atoms with E-state index in [4.69, 9.17) is 33.0 Å². The summed E-state index contributed by atoms with van der Waals surface area (Å²) in [5.41, 5.74) is 0.780. The van der Waals surface area contributed by atoms with Crippen molar-refractivity contribution < 1.29 is 14.3 Å². The number of ether oxygens (including phenoxy) is 1. The first-order valence-corrected chi connectivity index (χ1v) is 15.1. The van der Waals surface area contributed by atoms with Gasteiger partial charge in [0.05, 0.1) is 17.6 Å². The summed E-state index contributed by atoms with van der Waals surface area (Å²) in [4.78, 5) is 42.2. The highest BCUT2D eigenvalue weighted by atomic mass is 35.5. The zero-order chi connectivity index (χ0) is 30.7. The Balaban J connectivity index is 1.54. The molecule has 2 aromatic carbocycles. The average Bonchev–Trinajstić information content (AvgIpc) is 3.73. The molecule has 1 aliphatic rings. The second-order valence-corrected chi connectivity index (χ2v) is 12.6. The Kier molecular flexibility index (Phi) is 9.13. The summed E-state index contributed by atoms with van der Waals surface area (Å²) in [5.74, 6) is 0.378. The molecule has 0 aliphatic heterocycles. The van der Waals surface area contributed by atoms with Crippen molar-refractivity contribution in [3.8, 4) is 0 Å². The molecule has 2 amide bonds. The highest BCUT2D eigenvalue weighted by Crippen LogP contribution is 2.44. The van der Waals surface area contributed by atoms with E-state index in [9.17, 15) is 14.4 Å². The zero-order valence-corrected chi connectivity index (χ0v) is 25.9. The minimum atomic E-state index is -0.619. The Morgan fingerprint density at radius 1 is 1.07 bits per heavy atom. The predicted molar refractivity (Wildman–Crippen MR) is 167 cm³/mol. The van der Waals surface area contributed by atoms with Gasteiger partial charge in [0.15, 0.2) is 5.82 Å². The van der Waals surface area contributed by atoms with Crippen molar-refractivity contribution in [3.05, 3.63) is 104 Å². The fourth-order valence-corrected chi connectivity index (χ4v) is 5.46. The van der Waals surface area contributed by atoms with Crippen LogP contribution in [-0.2, 0) is 11.3 Å². The Morgan fingerprint density at radius 3 is 2.42 bits per heavy atom. The molecule has 1 atom stereocenters. The molecule has 1 N–H and O–H groups in total. The third-order valence-electron chi connectivity index (χ3n) is 7.20. The van der Waals surface area contributed by atoms with Crippen molar-refractivity contribution >= 4 is 40.7 Å². The van der Waals surface area contributed by atoms with Crippen LogP contribution in [0.25, 0.3) is 5.52 Å². The van der Waals surface area contributed by atoms with E-state index in [1.807, 2.05) is 30.3 Å². The van der Waals surface area contributed by atoms with Gasteiger partial charge in [-0.1, -0.05) is 53.5 Å². The summed E-state index contributed by atoms with van der Waals surface area (Å²) in [5, 5.41) is 8.53. The Morgan fingerprint density at radius 2 is 1.77 bits per heavy atom. The standard InChI is InChI=1S/C32H35Cl2N5O4/c1-32(2,3)43-31(42)35-17-7-18-37(29(40)23-12-14-24(33)15-13-23)26(22-10-11-22)28-36-39-19-16-25(34)27(39)30(41)38(28)20-21-8-5-4-6-9-21/h4-6,8-9,12-16,19,22,26H,7,10-11,17-18,20H2,1-3H3,(H,35,42). The lowest BCUT2D eigenvalue weighted by molar-refractivity contribution is 0.0522. The van der Waals surface area contributed by atoms with Gasteiger partial charge in [-0.2, -0.15) is 5.10 Å². The Bertz CT molecular complexity index is 1660. The fourth-order valence-electron chi connectivity index (χ4n) is 5.11. The first kappa shape index (κ1) is 30.6. The van der Waals surface area contributed by atoms with Crippen LogP contribution < -0.4 is 10.9 Å². The molecule has 1 aliphatic carbocycles. The van der Waals surface area contributed by atoms with Crippen molar-refractivity contribution in [2.75, 3.05) is 13.1 Å². The van der Waals surface area contributed by atoms with E-state index in [1.165, 1.54) is 4.52 Å². The number of carbonyl (C=O) groups is 2. The third kappa shape index (κ3) is 7.40. The molecule has 2 heterocycles. The second-order valence-electron chi connectivity index (χ2n) is 11.8. The quantitative estimate of drug-likeness (QED) is 0.207. The number of hydrogen-bond acceptors (Lipinski definition) is 5. The molecule has 1 saturated carbocycles. The number of hydrogen-bond donors (Lipinski definition) is 1. The van der Waals surface area contributed by atoms with E-state index in [0.717, 1.165) is 18.4 Å². The summed E-state index contributed by atoms with van der Waals surface area (Å²) in [6, 6.07) is 17.6. The number of fused-ring (bicyclic) bond motifs is 1. The van der Waals surface area contributed by atoms with Gasteiger partial charge in [0.25, 0.3) is 11.5 Å². The molecule has 0 spiro atoms. The van der Waals surface area contributed by atoms with Gasteiger partial charge in [0, 0.05) is 29.9 Å². The van der Waals surface area contributed by atoms with Crippen molar-refractivity contribution in [2.45, 2.75) is 58.2 Å². The van der Waals surface area contributed by atoms with Gasteiger partial charge in [-0.05, 0) is 81.8 Å². The van der Waals surface area contributed by atoms with Crippen LogP contribution in [0, 0.1) is 5.92 Å². The average molecular weight is 625 g/mol. The van der Waals surface area contributed by atoms with Gasteiger partial charge in [-0.15, -0.1) is 0 Å². The van der Waals surface area contributed by atoms with E-state index in [0.29, 0.717) is 40.9 Å². The maximum atomic E-state index is 14.2. The Labute approximate surface area is 260 Å². The van der Waals surface area contributed by atoms with Crippen molar-refractivity contribution in [1.29, 1.82) is 0 Å². The van der Waals surface area contributed by atoms with E-state index in [1.54, 1.807) is 66.8 Å². The molecule has 0 saturated heterocycles. The number of rotatable bonds is 10. The largest absolute Gasteiger partial charge is 0.444 e. The lowest BCUT2D eigenvalue weighted by atomic mass is 10.1. The van der Waals surface area contributed by atoms with Gasteiger partial charge in [-0.25, -0.2) is 9.31 Å². The minimum Gasteiger partial charge on any atom is -0.444 e. The molecule has 43 heavy (non-hydrogen) atoms. The van der Waals surface area contributed by atoms with E-state index in [2.05, 4.69) is 5.32 Å². The Hall–Kier alpha value is -3.82. The van der Waals surface area contributed by atoms with Crippen LogP contribution in [-0.4, -0.2) is 49.8 Å². The maximum Gasteiger partial charge on any atom is 0.407 e. The molecule has 2 aromatic heterocycles. The molecule has 0 radical (unpaired) electrons. The van der Waals surface area contributed by atoms with Crippen LogP contribution in [0.3, 0.4) is 0 Å². The van der Waals surface area contributed by atoms with E-state index in [-0.39, 0.29) is 29.4 Å². The topological polar surface area (TPSA) is 97.9 Å². The molecule has 5 rings (SSSR count). The molecule has 1 unspecified atom stereocenters. The third-order valence-corrected chi connectivity index (χ3v) is 7.76. The highest BCUT2D eigenvalue weighted by molar-refractivity contribution is 6.33. The van der Waals surface area contributed by atoms with Crippen LogP contribution in [0.2, 0.25) is 10.0 Å². The van der Waals surface area contributed by atoms with Crippen LogP contribution in [0.1, 0.15) is 67.8 Å². The molecular weight excluding hydrogens is 589 g/mol.